The zero-order valence-corrected chi connectivity index (χ0v) is 15.8. The Morgan fingerprint density at radius 2 is 1.71 bits per heavy atom. The Morgan fingerprint density at radius 3 is 2.36 bits per heavy atom. The third kappa shape index (κ3) is 6.64. The maximum atomic E-state index is 12.4. The normalized spacial score (nSPS) is 10.8. The molecule has 0 heterocycles. The first-order chi connectivity index (χ1) is 13.4. The van der Waals surface area contributed by atoms with Gasteiger partial charge in [0.05, 0.1) is 0 Å². The number of para-hydroxylation sites is 1. The van der Waals surface area contributed by atoms with Crippen molar-refractivity contribution in [3.8, 4) is 5.75 Å². The molecule has 2 aromatic rings. The van der Waals surface area contributed by atoms with Crippen LogP contribution in [0.3, 0.4) is 0 Å². The number of rotatable bonds is 9. The van der Waals surface area contributed by atoms with Crippen molar-refractivity contribution in [2.24, 2.45) is 0 Å². The Labute approximate surface area is 162 Å². The zero-order valence-electron chi connectivity index (χ0n) is 15.8. The molecule has 0 radical (unpaired) electrons. The van der Waals surface area contributed by atoms with Gasteiger partial charge in [0, 0.05) is 6.54 Å². The lowest BCUT2D eigenvalue weighted by atomic mass is 10.0. The van der Waals surface area contributed by atoms with Crippen LogP contribution in [0.5, 0.6) is 5.75 Å². The number of benzene rings is 2. The molecular formula is C21H23F2NO4. The van der Waals surface area contributed by atoms with Gasteiger partial charge < -0.3 is 14.8 Å². The quantitative estimate of drug-likeness (QED) is 0.658. The summed E-state index contributed by atoms with van der Waals surface area (Å²) in [7, 11) is 0. The van der Waals surface area contributed by atoms with Crippen molar-refractivity contribution >= 4 is 11.9 Å². The first kappa shape index (κ1) is 21.3. The predicted octanol–water partition coefficient (Wildman–Crippen LogP) is 3.93. The maximum absolute atomic E-state index is 12.4. The van der Waals surface area contributed by atoms with E-state index in [2.05, 4.69) is 36.0 Å². The molecule has 150 valence electrons. The number of alkyl halides is 2. The molecule has 0 bridgehead atoms. The Balaban J connectivity index is 1.77. The third-order valence-electron chi connectivity index (χ3n) is 4.04. The van der Waals surface area contributed by atoms with E-state index in [4.69, 9.17) is 4.74 Å². The molecule has 0 aliphatic heterocycles. The molecule has 28 heavy (non-hydrogen) atoms. The molecule has 0 saturated heterocycles. The minimum absolute atomic E-state index is 0.166. The van der Waals surface area contributed by atoms with Crippen LogP contribution in [0.15, 0.2) is 48.5 Å². The van der Waals surface area contributed by atoms with E-state index in [1.165, 1.54) is 29.8 Å². The Morgan fingerprint density at radius 1 is 1.04 bits per heavy atom. The smallest absolute Gasteiger partial charge is 0.387 e. The highest BCUT2D eigenvalue weighted by Gasteiger charge is 2.17. The van der Waals surface area contributed by atoms with Crippen LogP contribution >= 0.6 is 0 Å². The fourth-order valence-electron chi connectivity index (χ4n) is 2.51. The summed E-state index contributed by atoms with van der Waals surface area (Å²) in [5, 5.41) is 2.65. The van der Waals surface area contributed by atoms with Gasteiger partial charge in [0.25, 0.3) is 5.91 Å². The van der Waals surface area contributed by atoms with E-state index in [0.29, 0.717) is 18.9 Å². The lowest BCUT2D eigenvalue weighted by Crippen LogP contribution is -2.30. The average Bonchev–Trinajstić information content (AvgIpc) is 2.66. The van der Waals surface area contributed by atoms with Crippen molar-refractivity contribution in [1.82, 2.24) is 5.32 Å². The van der Waals surface area contributed by atoms with Crippen molar-refractivity contribution in [1.29, 1.82) is 0 Å². The molecular weight excluding hydrogens is 368 g/mol. The molecule has 2 aromatic carbocycles. The minimum Gasteiger partial charge on any atom is -0.452 e. The van der Waals surface area contributed by atoms with Crippen molar-refractivity contribution in [3.63, 3.8) is 0 Å². The van der Waals surface area contributed by atoms with Gasteiger partial charge >= 0.3 is 12.6 Å². The molecule has 0 fully saturated rings. The predicted molar refractivity (Wildman–Crippen MR) is 101 cm³/mol. The van der Waals surface area contributed by atoms with Gasteiger partial charge in [0.2, 0.25) is 0 Å². The number of nitrogens with one attached hydrogen (secondary N) is 1. The monoisotopic (exact) mass is 391 g/mol. The van der Waals surface area contributed by atoms with Crippen LogP contribution in [0.25, 0.3) is 0 Å². The lowest BCUT2D eigenvalue weighted by Gasteiger charge is -2.11. The summed E-state index contributed by atoms with van der Waals surface area (Å²) in [6, 6.07) is 13.6. The number of esters is 1. The highest BCUT2D eigenvalue weighted by molar-refractivity contribution is 5.93. The van der Waals surface area contributed by atoms with E-state index in [0.717, 1.165) is 5.56 Å². The number of hydrogen-bond donors (Lipinski definition) is 1. The van der Waals surface area contributed by atoms with Crippen molar-refractivity contribution in [2.75, 3.05) is 13.2 Å². The molecule has 0 unspecified atom stereocenters. The molecule has 0 aliphatic rings. The third-order valence-corrected chi connectivity index (χ3v) is 4.04. The van der Waals surface area contributed by atoms with E-state index in [1.54, 1.807) is 0 Å². The molecule has 0 atom stereocenters. The molecule has 7 heteroatoms. The number of carbonyl (C=O) groups is 2. The van der Waals surface area contributed by atoms with Crippen molar-refractivity contribution < 1.29 is 27.8 Å². The van der Waals surface area contributed by atoms with Crippen LogP contribution in [0.2, 0.25) is 0 Å². The highest BCUT2D eigenvalue weighted by atomic mass is 19.3. The number of amides is 1. The van der Waals surface area contributed by atoms with E-state index < -0.39 is 25.1 Å². The van der Waals surface area contributed by atoms with Gasteiger partial charge in [-0.05, 0) is 35.6 Å². The summed E-state index contributed by atoms with van der Waals surface area (Å²) in [5.41, 5.74) is 2.16. The molecule has 0 spiro atoms. The molecule has 0 aliphatic carbocycles. The van der Waals surface area contributed by atoms with Crippen LogP contribution in [-0.2, 0) is 16.0 Å². The summed E-state index contributed by atoms with van der Waals surface area (Å²) in [5.74, 6) is -1.22. The summed E-state index contributed by atoms with van der Waals surface area (Å²) < 4.78 is 33.9. The molecule has 0 saturated carbocycles. The first-order valence-corrected chi connectivity index (χ1v) is 8.93. The fraction of sp³-hybridized carbons (Fsp3) is 0.333. The second-order valence-corrected chi connectivity index (χ2v) is 6.45. The minimum atomic E-state index is -3.06. The lowest BCUT2D eigenvalue weighted by molar-refractivity contribution is -0.124. The summed E-state index contributed by atoms with van der Waals surface area (Å²) >= 11 is 0. The maximum Gasteiger partial charge on any atom is 0.387 e. The van der Waals surface area contributed by atoms with Gasteiger partial charge in [-0.2, -0.15) is 8.78 Å². The molecule has 1 amide bonds. The Bertz CT molecular complexity index is 791. The fourth-order valence-corrected chi connectivity index (χ4v) is 2.51. The van der Waals surface area contributed by atoms with Crippen LogP contribution < -0.4 is 10.1 Å². The van der Waals surface area contributed by atoms with E-state index in [9.17, 15) is 18.4 Å². The van der Waals surface area contributed by atoms with Crippen LogP contribution in [0, 0.1) is 0 Å². The second-order valence-electron chi connectivity index (χ2n) is 6.45. The summed E-state index contributed by atoms with van der Waals surface area (Å²) in [6.45, 7) is 1.06. The first-order valence-electron chi connectivity index (χ1n) is 8.93. The van der Waals surface area contributed by atoms with Crippen molar-refractivity contribution in [3.05, 3.63) is 65.2 Å². The van der Waals surface area contributed by atoms with Gasteiger partial charge in [0.15, 0.2) is 6.61 Å². The second kappa shape index (κ2) is 10.4. The van der Waals surface area contributed by atoms with Crippen LogP contribution in [0.4, 0.5) is 8.78 Å². The molecule has 1 N–H and O–H groups in total. The van der Waals surface area contributed by atoms with Gasteiger partial charge in [-0.15, -0.1) is 0 Å². The summed E-state index contributed by atoms with van der Waals surface area (Å²) in [4.78, 5) is 23.8. The highest BCUT2D eigenvalue weighted by Crippen LogP contribution is 2.21. The summed E-state index contributed by atoms with van der Waals surface area (Å²) in [6.07, 6.45) is 0.642. The zero-order chi connectivity index (χ0) is 20.5. The average molecular weight is 391 g/mol. The number of carbonyl (C=O) groups excluding carboxylic acids is 2. The van der Waals surface area contributed by atoms with Crippen LogP contribution in [-0.4, -0.2) is 31.6 Å². The molecule has 0 aromatic heterocycles. The Hall–Kier alpha value is -2.96. The van der Waals surface area contributed by atoms with Gasteiger partial charge in [-0.1, -0.05) is 50.2 Å². The number of halogens is 2. The van der Waals surface area contributed by atoms with Gasteiger partial charge in [-0.25, -0.2) is 4.79 Å². The van der Waals surface area contributed by atoms with Gasteiger partial charge in [0.1, 0.15) is 11.3 Å². The largest absolute Gasteiger partial charge is 0.452 e. The SMILES string of the molecule is CC(C)c1ccc(CCNC(=O)COC(=O)c2ccccc2OC(F)F)cc1. The standard InChI is InChI=1S/C21H23F2NO4/c1-14(2)16-9-7-15(8-10-16)11-12-24-19(25)13-27-20(26)17-5-3-4-6-18(17)28-21(22)23/h3-10,14,21H,11-13H2,1-2H3,(H,24,25). The number of hydrogen-bond acceptors (Lipinski definition) is 4. The van der Waals surface area contributed by atoms with Gasteiger partial charge in [-0.3, -0.25) is 4.79 Å². The Kier molecular flexibility index (Phi) is 7.92. The topological polar surface area (TPSA) is 64.6 Å². The van der Waals surface area contributed by atoms with E-state index >= 15 is 0 Å². The molecule has 2 rings (SSSR count). The van der Waals surface area contributed by atoms with E-state index in [-0.39, 0.29) is 11.3 Å². The van der Waals surface area contributed by atoms with Crippen molar-refractivity contribution in [2.45, 2.75) is 32.8 Å². The molecule has 5 nitrogen and oxygen atoms in total. The van der Waals surface area contributed by atoms with E-state index in [1.807, 2.05) is 12.1 Å². The number of ether oxygens (including phenoxy) is 2. The van der Waals surface area contributed by atoms with Crippen LogP contribution in [0.1, 0.15) is 41.3 Å².